The van der Waals surface area contributed by atoms with Crippen molar-refractivity contribution in [1.82, 2.24) is 24.9 Å². The van der Waals surface area contributed by atoms with E-state index in [4.69, 9.17) is 16.0 Å². The zero-order valence-electron chi connectivity index (χ0n) is 19.3. The summed E-state index contributed by atoms with van der Waals surface area (Å²) in [6.07, 6.45) is 7.46. The predicted molar refractivity (Wildman–Crippen MR) is 130 cm³/mol. The third kappa shape index (κ3) is 6.17. The molecule has 3 aromatic heterocycles. The Bertz CT molecular complexity index is 1390. The molecule has 1 aromatic carbocycles. The molecule has 0 atom stereocenters. The van der Waals surface area contributed by atoms with Crippen molar-refractivity contribution in [2.75, 3.05) is 19.0 Å². The zero-order chi connectivity index (χ0) is 24.6. The Morgan fingerprint density at radius 2 is 1.86 bits per heavy atom. The lowest BCUT2D eigenvalue weighted by Gasteiger charge is -2.10. The van der Waals surface area contributed by atoms with Crippen molar-refractivity contribution in [2.45, 2.75) is 19.8 Å². The first kappa shape index (κ1) is 23.4. The van der Waals surface area contributed by atoms with Crippen LogP contribution in [-0.4, -0.2) is 38.6 Å². The lowest BCUT2D eigenvalue weighted by atomic mass is 10.1. The number of pyridine rings is 1. The van der Waals surface area contributed by atoms with Crippen LogP contribution >= 0.6 is 0 Å². The molecule has 2 N–H and O–H groups in total. The number of hydrogen-bond donors (Lipinski definition) is 2. The Hall–Kier alpha value is -4.78. The molecule has 0 fully saturated rings. The van der Waals surface area contributed by atoms with Crippen molar-refractivity contribution in [3.63, 3.8) is 0 Å². The lowest BCUT2D eigenvalue weighted by molar-refractivity contribution is 0.379. The molecule has 10 nitrogen and oxygen atoms in total. The highest BCUT2D eigenvalue weighted by Gasteiger charge is 2.09. The number of rotatable bonds is 9. The minimum atomic E-state index is -0.236. The van der Waals surface area contributed by atoms with Gasteiger partial charge in [-0.05, 0) is 36.6 Å². The van der Waals surface area contributed by atoms with Crippen LogP contribution in [0.25, 0.3) is 4.85 Å². The van der Waals surface area contributed by atoms with E-state index in [0.717, 1.165) is 16.7 Å². The number of aromatic nitrogens is 5. The molecule has 4 aromatic rings. The average Bonchev–Trinajstić information content (AvgIpc) is 2.88. The first-order chi connectivity index (χ1) is 17.0. The molecule has 0 unspecified atom stereocenters. The van der Waals surface area contributed by atoms with Crippen molar-refractivity contribution in [2.24, 2.45) is 0 Å². The minimum absolute atomic E-state index is 0.236. The molecule has 0 bridgehead atoms. The number of H-pyrrole nitrogens is 1. The summed E-state index contributed by atoms with van der Waals surface area (Å²) in [4.78, 5) is 35.4. The van der Waals surface area contributed by atoms with Crippen molar-refractivity contribution < 1.29 is 9.47 Å². The van der Waals surface area contributed by atoms with Crippen LogP contribution in [0.3, 0.4) is 0 Å². The van der Waals surface area contributed by atoms with Gasteiger partial charge in [-0.1, -0.05) is 17.7 Å². The number of benzene rings is 1. The highest BCUT2D eigenvalue weighted by molar-refractivity contribution is 5.60. The molecule has 0 saturated carbocycles. The molecular weight excluding hydrogens is 446 g/mol. The molecular formula is C25H23N7O3. The number of ether oxygens (including phenoxy) is 2. The smallest absolute Gasteiger partial charge is 0.316 e. The largest absolute Gasteiger partial charge is 0.467 e. The van der Waals surface area contributed by atoms with Gasteiger partial charge in [-0.3, -0.25) is 9.78 Å². The molecule has 0 amide bonds. The maximum atomic E-state index is 12.4. The number of methoxy groups -OCH3 is 1. The van der Waals surface area contributed by atoms with Crippen LogP contribution in [-0.2, 0) is 12.8 Å². The zero-order valence-corrected chi connectivity index (χ0v) is 19.3. The molecule has 0 aliphatic rings. The summed E-state index contributed by atoms with van der Waals surface area (Å²) in [7, 11) is 1.49. The molecule has 176 valence electrons. The van der Waals surface area contributed by atoms with Crippen LogP contribution in [0.5, 0.6) is 17.6 Å². The fourth-order valence-electron chi connectivity index (χ4n) is 3.24. The first-order valence-corrected chi connectivity index (χ1v) is 10.8. The van der Waals surface area contributed by atoms with Gasteiger partial charge in [0, 0.05) is 49.4 Å². The van der Waals surface area contributed by atoms with Crippen LogP contribution in [0, 0.1) is 13.5 Å². The van der Waals surface area contributed by atoms with Gasteiger partial charge in [0.05, 0.1) is 13.7 Å². The van der Waals surface area contributed by atoms with E-state index in [0.29, 0.717) is 48.2 Å². The fourth-order valence-corrected chi connectivity index (χ4v) is 3.24. The van der Waals surface area contributed by atoms with Crippen molar-refractivity contribution in [3.8, 4) is 17.6 Å². The topological polar surface area (TPSA) is 119 Å². The summed E-state index contributed by atoms with van der Waals surface area (Å²) in [5.74, 6) is 1.27. The standard InChI is InChI=1S/C25H23N7O3/c1-16-4-7-22(28-12-16)35-21-6-5-17(11-20(21)26-2)8-9-27-24-29-15-19(23(33)32-24)10-18-13-30-25(34-3)31-14-18/h4-7,11-15H,8-10H2,1,3H3,(H2,27,29,32,33). The van der Waals surface area contributed by atoms with Crippen LogP contribution in [0.4, 0.5) is 11.6 Å². The van der Waals surface area contributed by atoms with Crippen molar-refractivity contribution in [1.29, 1.82) is 0 Å². The van der Waals surface area contributed by atoms with Crippen molar-refractivity contribution >= 4 is 11.6 Å². The summed E-state index contributed by atoms with van der Waals surface area (Å²) >= 11 is 0. The number of aryl methyl sites for hydroxylation is 1. The second kappa shape index (κ2) is 10.9. The normalized spacial score (nSPS) is 10.4. The molecule has 0 spiro atoms. The maximum Gasteiger partial charge on any atom is 0.316 e. The third-order valence-electron chi connectivity index (χ3n) is 5.08. The van der Waals surface area contributed by atoms with Gasteiger partial charge in [-0.15, -0.1) is 0 Å². The highest BCUT2D eigenvalue weighted by atomic mass is 16.5. The Labute approximate surface area is 201 Å². The molecule has 3 heterocycles. The van der Waals surface area contributed by atoms with Gasteiger partial charge in [0.2, 0.25) is 17.5 Å². The van der Waals surface area contributed by atoms with Crippen LogP contribution < -0.4 is 20.3 Å². The Balaban J connectivity index is 1.34. The summed E-state index contributed by atoms with van der Waals surface area (Å²) in [6.45, 7) is 9.95. The summed E-state index contributed by atoms with van der Waals surface area (Å²) in [5.41, 5.74) is 3.43. The number of anilines is 1. The van der Waals surface area contributed by atoms with E-state index >= 15 is 0 Å². The average molecular weight is 470 g/mol. The minimum Gasteiger partial charge on any atom is -0.467 e. The fraction of sp³-hybridized carbons (Fsp3) is 0.200. The molecule has 0 aliphatic heterocycles. The van der Waals surface area contributed by atoms with Crippen molar-refractivity contribution in [3.05, 3.63) is 99.1 Å². The van der Waals surface area contributed by atoms with Crippen LogP contribution in [0.1, 0.15) is 22.3 Å². The number of hydrogen-bond acceptors (Lipinski definition) is 8. The van der Waals surface area contributed by atoms with E-state index in [-0.39, 0.29) is 11.6 Å². The number of nitrogens with zero attached hydrogens (tertiary/aromatic N) is 5. The molecule has 4 rings (SSSR count). The monoisotopic (exact) mass is 469 g/mol. The van der Waals surface area contributed by atoms with E-state index in [1.165, 1.54) is 13.3 Å². The van der Waals surface area contributed by atoms with Gasteiger partial charge < -0.3 is 14.8 Å². The second-order valence-corrected chi connectivity index (χ2v) is 7.71. The predicted octanol–water partition coefficient (Wildman–Crippen LogP) is 3.86. The van der Waals surface area contributed by atoms with E-state index in [9.17, 15) is 4.79 Å². The Kier molecular flexibility index (Phi) is 7.28. The van der Waals surface area contributed by atoms with E-state index in [2.05, 4.69) is 35.1 Å². The number of aromatic amines is 1. The van der Waals surface area contributed by atoms with Crippen LogP contribution in [0.15, 0.2) is 59.9 Å². The molecule has 0 saturated heterocycles. The van der Waals surface area contributed by atoms with E-state index in [1.54, 1.807) is 36.8 Å². The highest BCUT2D eigenvalue weighted by Crippen LogP contribution is 2.32. The van der Waals surface area contributed by atoms with Gasteiger partial charge in [0.25, 0.3) is 5.56 Å². The summed E-state index contributed by atoms with van der Waals surface area (Å²) < 4.78 is 10.7. The summed E-state index contributed by atoms with van der Waals surface area (Å²) in [6, 6.07) is 9.39. The lowest BCUT2D eigenvalue weighted by Crippen LogP contribution is -2.18. The quantitative estimate of drug-likeness (QED) is 0.355. The Morgan fingerprint density at radius 1 is 1.03 bits per heavy atom. The molecule has 35 heavy (non-hydrogen) atoms. The first-order valence-electron chi connectivity index (χ1n) is 10.8. The van der Waals surface area contributed by atoms with Gasteiger partial charge in [-0.2, -0.15) is 0 Å². The molecule has 10 heteroatoms. The van der Waals surface area contributed by atoms with Gasteiger partial charge in [-0.25, -0.2) is 24.8 Å². The van der Waals surface area contributed by atoms with Gasteiger partial charge in [0.1, 0.15) is 5.75 Å². The van der Waals surface area contributed by atoms with E-state index < -0.39 is 0 Å². The molecule has 0 radical (unpaired) electrons. The second-order valence-electron chi connectivity index (χ2n) is 7.71. The van der Waals surface area contributed by atoms with Gasteiger partial charge >= 0.3 is 6.01 Å². The SMILES string of the molecule is [C-]#[N+]c1cc(CCNc2ncc(Cc3cnc(OC)nc3)c(=O)[nH]2)ccc1Oc1ccc(C)cn1. The van der Waals surface area contributed by atoms with E-state index in [1.807, 2.05) is 19.1 Å². The Morgan fingerprint density at radius 3 is 2.54 bits per heavy atom. The summed E-state index contributed by atoms with van der Waals surface area (Å²) in [5, 5.41) is 3.11. The molecule has 0 aliphatic carbocycles. The van der Waals surface area contributed by atoms with Crippen LogP contribution in [0.2, 0.25) is 0 Å². The third-order valence-corrected chi connectivity index (χ3v) is 5.08. The number of nitrogens with one attached hydrogen (secondary N) is 2. The van der Waals surface area contributed by atoms with Gasteiger partial charge in [0.15, 0.2) is 0 Å². The maximum absolute atomic E-state index is 12.4.